The summed E-state index contributed by atoms with van der Waals surface area (Å²) in [5.74, 6) is -0.978. The van der Waals surface area contributed by atoms with E-state index < -0.39 is 37.1 Å². The maximum Gasteiger partial charge on any atom is 0.453 e. The van der Waals surface area contributed by atoms with Crippen molar-refractivity contribution < 1.29 is 29.2 Å². The number of likely N-dealkylation sites (N-methyl/N-ethyl adjacent to an activating group) is 1. The second-order valence-electron chi connectivity index (χ2n) is 7.30. The Morgan fingerprint density at radius 2 is 1.62 bits per heavy atom. The SMILES string of the molecule is C[C@H](NC(=O)CNC(=O)OCc1ccccc1)C(=O)N(C)C(CB(O)O)c1ccccc1. The van der Waals surface area contributed by atoms with Crippen LogP contribution in [-0.4, -0.2) is 59.6 Å². The first-order valence-corrected chi connectivity index (χ1v) is 10.2. The molecular weight excluding hydrogens is 413 g/mol. The molecule has 170 valence electrons. The van der Waals surface area contributed by atoms with Crippen LogP contribution in [-0.2, 0) is 20.9 Å². The highest BCUT2D eigenvalue weighted by Crippen LogP contribution is 2.24. The van der Waals surface area contributed by atoms with E-state index in [2.05, 4.69) is 10.6 Å². The highest BCUT2D eigenvalue weighted by atomic mass is 16.5. The molecule has 0 saturated carbocycles. The van der Waals surface area contributed by atoms with E-state index in [1.807, 2.05) is 36.4 Å². The highest BCUT2D eigenvalue weighted by molar-refractivity contribution is 6.41. The van der Waals surface area contributed by atoms with Crippen LogP contribution in [0, 0.1) is 0 Å². The highest BCUT2D eigenvalue weighted by Gasteiger charge is 2.29. The molecule has 2 atom stereocenters. The molecule has 2 rings (SSSR count). The predicted octanol–water partition coefficient (Wildman–Crippen LogP) is 1.09. The fraction of sp³-hybridized carbons (Fsp3) is 0.318. The van der Waals surface area contributed by atoms with Crippen LogP contribution in [0.5, 0.6) is 0 Å². The molecule has 1 unspecified atom stereocenters. The van der Waals surface area contributed by atoms with Gasteiger partial charge in [-0.3, -0.25) is 9.59 Å². The van der Waals surface area contributed by atoms with Crippen molar-refractivity contribution in [2.24, 2.45) is 0 Å². The molecular formula is C22H28BN3O6. The number of nitrogens with one attached hydrogen (secondary N) is 2. The number of hydrogen-bond donors (Lipinski definition) is 4. The van der Waals surface area contributed by atoms with Crippen LogP contribution < -0.4 is 10.6 Å². The number of amides is 3. The molecule has 0 bridgehead atoms. The standard InChI is InChI=1S/C22H28BN3O6/c1-16(21(28)26(2)19(13-23(30)31)18-11-7-4-8-12-18)25-20(27)14-24-22(29)32-15-17-9-5-3-6-10-17/h3-12,16,19,30-31H,13-15H2,1-2H3,(H,24,29)(H,25,27)/t16-,19?/m0/s1. The van der Waals surface area contributed by atoms with Crippen LogP contribution >= 0.6 is 0 Å². The maximum absolute atomic E-state index is 12.8. The summed E-state index contributed by atoms with van der Waals surface area (Å²) < 4.78 is 5.03. The quantitative estimate of drug-likeness (QED) is 0.409. The van der Waals surface area contributed by atoms with Crippen molar-refractivity contribution in [3.63, 3.8) is 0 Å². The number of nitrogens with zero attached hydrogens (tertiary/aromatic N) is 1. The molecule has 2 aromatic rings. The van der Waals surface area contributed by atoms with Gasteiger partial charge in [0.25, 0.3) is 0 Å². The van der Waals surface area contributed by atoms with Gasteiger partial charge in [-0.2, -0.15) is 0 Å². The molecule has 0 fully saturated rings. The van der Waals surface area contributed by atoms with Crippen LogP contribution in [0.15, 0.2) is 60.7 Å². The Kier molecular flexibility index (Phi) is 9.71. The van der Waals surface area contributed by atoms with Crippen LogP contribution in [0.3, 0.4) is 0 Å². The summed E-state index contributed by atoms with van der Waals surface area (Å²) in [6.07, 6.45) is -0.831. The lowest BCUT2D eigenvalue weighted by Gasteiger charge is -2.31. The van der Waals surface area contributed by atoms with E-state index in [9.17, 15) is 24.4 Å². The molecule has 0 aromatic heterocycles. The Morgan fingerprint density at radius 3 is 2.22 bits per heavy atom. The first kappa shape index (κ1) is 24.9. The van der Waals surface area contributed by atoms with Crippen molar-refractivity contribution in [1.29, 1.82) is 0 Å². The lowest BCUT2D eigenvalue weighted by molar-refractivity contribution is -0.136. The van der Waals surface area contributed by atoms with Crippen molar-refractivity contribution >= 4 is 25.0 Å². The molecule has 0 heterocycles. The third-order valence-corrected chi connectivity index (χ3v) is 4.79. The molecule has 0 radical (unpaired) electrons. The average molecular weight is 441 g/mol. The first-order valence-electron chi connectivity index (χ1n) is 10.2. The topological polar surface area (TPSA) is 128 Å². The average Bonchev–Trinajstić information content (AvgIpc) is 2.80. The van der Waals surface area contributed by atoms with Crippen LogP contribution in [0.2, 0.25) is 6.32 Å². The lowest BCUT2D eigenvalue weighted by atomic mass is 9.79. The van der Waals surface area contributed by atoms with Crippen LogP contribution in [0.25, 0.3) is 0 Å². The van der Waals surface area contributed by atoms with E-state index >= 15 is 0 Å². The van der Waals surface area contributed by atoms with Gasteiger partial charge in [0.2, 0.25) is 11.8 Å². The summed E-state index contributed by atoms with van der Waals surface area (Å²) in [7, 11) is -0.0732. The third-order valence-electron chi connectivity index (χ3n) is 4.79. The van der Waals surface area contributed by atoms with E-state index in [1.54, 1.807) is 24.3 Å². The monoisotopic (exact) mass is 441 g/mol. The van der Waals surface area contributed by atoms with Crippen LogP contribution in [0.4, 0.5) is 4.79 Å². The van der Waals surface area contributed by atoms with Gasteiger partial charge in [0, 0.05) is 13.4 Å². The Balaban J connectivity index is 1.84. The Bertz CT molecular complexity index is 882. The molecule has 0 saturated heterocycles. The van der Waals surface area contributed by atoms with E-state index in [0.717, 1.165) is 11.1 Å². The smallest absolute Gasteiger partial charge is 0.445 e. The maximum atomic E-state index is 12.8. The van der Waals surface area contributed by atoms with Crippen molar-refractivity contribution in [3.05, 3.63) is 71.8 Å². The van der Waals surface area contributed by atoms with E-state index in [4.69, 9.17) is 4.74 Å². The second-order valence-corrected chi connectivity index (χ2v) is 7.30. The summed E-state index contributed by atoms with van der Waals surface area (Å²) >= 11 is 0. The van der Waals surface area contributed by atoms with Crippen molar-refractivity contribution in [3.8, 4) is 0 Å². The van der Waals surface area contributed by atoms with Crippen molar-refractivity contribution in [2.45, 2.75) is 31.9 Å². The minimum absolute atomic E-state index is 0.0750. The minimum atomic E-state index is -1.61. The zero-order valence-corrected chi connectivity index (χ0v) is 18.1. The van der Waals surface area contributed by atoms with Gasteiger partial charge in [0.1, 0.15) is 19.2 Å². The summed E-state index contributed by atoms with van der Waals surface area (Å²) in [4.78, 5) is 38.1. The van der Waals surface area contributed by atoms with E-state index in [-0.39, 0.29) is 19.5 Å². The zero-order chi connectivity index (χ0) is 23.5. The number of carbonyl (C=O) groups excluding carboxylic acids is 3. The van der Waals surface area contributed by atoms with Gasteiger partial charge in [-0.1, -0.05) is 60.7 Å². The summed E-state index contributed by atoms with van der Waals surface area (Å²) in [6.45, 7) is 1.24. The minimum Gasteiger partial charge on any atom is -0.445 e. The molecule has 9 nitrogen and oxygen atoms in total. The van der Waals surface area contributed by atoms with E-state index in [1.165, 1.54) is 18.9 Å². The van der Waals surface area contributed by atoms with Gasteiger partial charge in [0.15, 0.2) is 0 Å². The zero-order valence-electron chi connectivity index (χ0n) is 18.1. The molecule has 10 heteroatoms. The molecule has 0 spiro atoms. The van der Waals surface area contributed by atoms with Crippen LogP contribution in [0.1, 0.15) is 24.1 Å². The van der Waals surface area contributed by atoms with Crippen molar-refractivity contribution in [2.75, 3.05) is 13.6 Å². The van der Waals surface area contributed by atoms with Gasteiger partial charge >= 0.3 is 13.2 Å². The Hall–Kier alpha value is -3.37. The number of ether oxygens (including phenoxy) is 1. The molecule has 0 aliphatic carbocycles. The Morgan fingerprint density at radius 1 is 1.03 bits per heavy atom. The number of benzene rings is 2. The molecule has 2 aromatic carbocycles. The lowest BCUT2D eigenvalue weighted by Crippen LogP contribution is -2.49. The molecule has 0 aliphatic rings. The van der Waals surface area contributed by atoms with Gasteiger partial charge < -0.3 is 30.3 Å². The Labute approximate surface area is 187 Å². The number of rotatable bonds is 10. The normalized spacial score (nSPS) is 12.2. The first-order chi connectivity index (χ1) is 15.3. The predicted molar refractivity (Wildman–Crippen MR) is 119 cm³/mol. The van der Waals surface area contributed by atoms with Gasteiger partial charge in [-0.05, 0) is 18.1 Å². The second kappa shape index (κ2) is 12.5. The molecule has 4 N–H and O–H groups in total. The number of carbonyl (C=O) groups is 3. The molecule has 3 amide bonds. The third kappa shape index (κ3) is 8.05. The fourth-order valence-electron chi connectivity index (χ4n) is 3.13. The van der Waals surface area contributed by atoms with Gasteiger partial charge in [0.05, 0.1) is 6.04 Å². The van der Waals surface area contributed by atoms with Gasteiger partial charge in [-0.25, -0.2) is 4.79 Å². The largest absolute Gasteiger partial charge is 0.453 e. The molecule has 0 aliphatic heterocycles. The summed E-state index contributed by atoms with van der Waals surface area (Å²) in [6, 6.07) is 16.6. The summed E-state index contributed by atoms with van der Waals surface area (Å²) in [5, 5.41) is 23.7. The molecule has 32 heavy (non-hydrogen) atoms. The van der Waals surface area contributed by atoms with Gasteiger partial charge in [-0.15, -0.1) is 0 Å². The number of alkyl carbamates (subject to hydrolysis) is 1. The van der Waals surface area contributed by atoms with Crippen molar-refractivity contribution in [1.82, 2.24) is 15.5 Å². The summed E-state index contributed by atoms with van der Waals surface area (Å²) in [5.41, 5.74) is 1.55. The number of hydrogen-bond acceptors (Lipinski definition) is 6. The fourth-order valence-corrected chi connectivity index (χ4v) is 3.13. The van der Waals surface area contributed by atoms with E-state index in [0.29, 0.717) is 0 Å².